The van der Waals surface area contributed by atoms with Crippen molar-refractivity contribution in [2.75, 3.05) is 5.32 Å². The Bertz CT molecular complexity index is 897. The third kappa shape index (κ3) is 3.77. The summed E-state index contributed by atoms with van der Waals surface area (Å²) in [5.74, 6) is -0.231. The maximum atomic E-state index is 12.5. The fourth-order valence-corrected chi connectivity index (χ4v) is 2.26. The van der Waals surface area contributed by atoms with E-state index in [0.29, 0.717) is 17.1 Å². The molecule has 0 aliphatic carbocycles. The second kappa shape index (κ2) is 7.04. The van der Waals surface area contributed by atoms with Crippen molar-refractivity contribution in [1.29, 1.82) is 0 Å². The Hall–Kier alpha value is -3.36. The van der Waals surface area contributed by atoms with Crippen LogP contribution in [0.15, 0.2) is 48.5 Å². The molecule has 0 aliphatic heterocycles. The molecule has 9 heteroatoms. The van der Waals surface area contributed by atoms with Crippen molar-refractivity contribution in [2.24, 2.45) is 7.05 Å². The summed E-state index contributed by atoms with van der Waals surface area (Å²) in [6, 6.07) is 12.6. The van der Waals surface area contributed by atoms with E-state index < -0.39 is 12.5 Å². The van der Waals surface area contributed by atoms with Gasteiger partial charge in [0, 0.05) is 18.3 Å². The lowest BCUT2D eigenvalue weighted by Crippen LogP contribution is -2.15. The van der Waals surface area contributed by atoms with Crippen LogP contribution < -0.4 is 10.1 Å². The third-order valence-electron chi connectivity index (χ3n) is 3.35. The number of para-hydroxylation sites is 1. The number of nitrogens with zero attached hydrogens (tertiary/aromatic N) is 4. The molecule has 0 radical (unpaired) electrons. The molecule has 3 aromatic rings. The first-order valence-corrected chi connectivity index (χ1v) is 7.22. The van der Waals surface area contributed by atoms with Gasteiger partial charge in [-0.1, -0.05) is 24.3 Å². The van der Waals surface area contributed by atoms with Gasteiger partial charge in [0.15, 0.2) is 5.82 Å². The molecule has 1 heterocycles. The van der Waals surface area contributed by atoms with Crippen LogP contribution in [0.1, 0.15) is 10.4 Å². The number of anilines is 1. The standard InChI is InChI=1S/C16H13F2N5O2/c1-23-14(20-21-22-23)10-5-4-6-11(9-10)19-15(24)12-7-2-3-8-13(12)25-16(17)18/h2-9,16H,1H3,(H,19,24). The second-order valence-corrected chi connectivity index (χ2v) is 5.04. The minimum atomic E-state index is -3.01. The van der Waals surface area contributed by atoms with Crippen LogP contribution in [-0.4, -0.2) is 32.7 Å². The van der Waals surface area contributed by atoms with Crippen LogP contribution in [-0.2, 0) is 7.05 Å². The maximum Gasteiger partial charge on any atom is 0.387 e. The second-order valence-electron chi connectivity index (χ2n) is 5.04. The van der Waals surface area contributed by atoms with Gasteiger partial charge in [-0.05, 0) is 34.7 Å². The summed E-state index contributed by atoms with van der Waals surface area (Å²) in [5.41, 5.74) is 1.17. The lowest BCUT2D eigenvalue weighted by molar-refractivity contribution is -0.0501. The smallest absolute Gasteiger partial charge is 0.387 e. The van der Waals surface area contributed by atoms with E-state index in [0.717, 1.165) is 0 Å². The van der Waals surface area contributed by atoms with Crippen molar-refractivity contribution < 1.29 is 18.3 Å². The number of aryl methyl sites for hydroxylation is 1. The van der Waals surface area contributed by atoms with E-state index in [-0.39, 0.29) is 11.3 Å². The lowest BCUT2D eigenvalue weighted by atomic mass is 10.1. The molecule has 7 nitrogen and oxygen atoms in total. The number of carbonyl (C=O) groups is 1. The van der Waals surface area contributed by atoms with E-state index in [2.05, 4.69) is 25.6 Å². The molecule has 0 unspecified atom stereocenters. The van der Waals surface area contributed by atoms with Gasteiger partial charge in [0.2, 0.25) is 0 Å². The van der Waals surface area contributed by atoms with Crippen LogP contribution in [0.2, 0.25) is 0 Å². The average molecular weight is 345 g/mol. The largest absolute Gasteiger partial charge is 0.434 e. The molecule has 2 aromatic carbocycles. The van der Waals surface area contributed by atoms with E-state index in [1.165, 1.54) is 22.9 Å². The van der Waals surface area contributed by atoms with Crippen LogP contribution in [0.25, 0.3) is 11.4 Å². The third-order valence-corrected chi connectivity index (χ3v) is 3.35. The van der Waals surface area contributed by atoms with Gasteiger partial charge >= 0.3 is 6.61 Å². The molecular formula is C16H13F2N5O2. The molecule has 0 saturated heterocycles. The number of nitrogens with one attached hydrogen (secondary N) is 1. The van der Waals surface area contributed by atoms with Crippen LogP contribution in [0.3, 0.4) is 0 Å². The quantitative estimate of drug-likeness (QED) is 0.769. The highest BCUT2D eigenvalue weighted by Crippen LogP contribution is 2.23. The van der Waals surface area contributed by atoms with E-state index in [1.807, 2.05) is 0 Å². The molecule has 0 atom stereocenters. The molecule has 128 valence electrons. The first-order chi connectivity index (χ1) is 12.0. The zero-order chi connectivity index (χ0) is 17.8. The minimum absolute atomic E-state index is 0.00790. The number of tetrazole rings is 1. The summed E-state index contributed by atoms with van der Waals surface area (Å²) in [4.78, 5) is 12.4. The SMILES string of the molecule is Cn1nnnc1-c1cccc(NC(=O)c2ccccc2OC(F)F)c1. The summed E-state index contributed by atoms with van der Waals surface area (Å²) in [5, 5.41) is 13.9. The Labute approximate surface area is 141 Å². The topological polar surface area (TPSA) is 81.9 Å². The molecule has 0 saturated carbocycles. The van der Waals surface area contributed by atoms with Gasteiger partial charge in [-0.25, -0.2) is 4.68 Å². The molecule has 3 rings (SSSR count). The monoisotopic (exact) mass is 345 g/mol. The van der Waals surface area contributed by atoms with Gasteiger partial charge < -0.3 is 10.1 Å². The Morgan fingerprint density at radius 2 is 2.00 bits per heavy atom. The van der Waals surface area contributed by atoms with E-state index in [4.69, 9.17) is 0 Å². The number of carbonyl (C=O) groups excluding carboxylic acids is 1. The number of aromatic nitrogens is 4. The number of amides is 1. The Kier molecular flexibility index (Phi) is 4.64. The molecule has 1 amide bonds. The molecule has 0 aliphatic rings. The Morgan fingerprint density at radius 1 is 1.20 bits per heavy atom. The summed E-state index contributed by atoms with van der Waals surface area (Å²) in [7, 11) is 1.69. The van der Waals surface area contributed by atoms with Gasteiger partial charge in [0.25, 0.3) is 5.91 Å². The zero-order valence-electron chi connectivity index (χ0n) is 13.1. The molecule has 1 N–H and O–H groups in total. The van der Waals surface area contributed by atoms with Gasteiger partial charge in [-0.3, -0.25) is 4.79 Å². The van der Waals surface area contributed by atoms with Crippen LogP contribution in [0.5, 0.6) is 5.75 Å². The fraction of sp³-hybridized carbons (Fsp3) is 0.125. The van der Waals surface area contributed by atoms with Crippen molar-refractivity contribution in [3.05, 3.63) is 54.1 Å². The summed E-state index contributed by atoms with van der Waals surface area (Å²) >= 11 is 0. The van der Waals surface area contributed by atoms with Crippen molar-refractivity contribution >= 4 is 11.6 Å². The highest BCUT2D eigenvalue weighted by molar-refractivity contribution is 6.06. The predicted octanol–water partition coefficient (Wildman–Crippen LogP) is 2.73. The lowest BCUT2D eigenvalue weighted by Gasteiger charge is -2.11. The number of hydrogen-bond acceptors (Lipinski definition) is 5. The van der Waals surface area contributed by atoms with Gasteiger partial charge in [-0.15, -0.1) is 5.10 Å². The van der Waals surface area contributed by atoms with E-state index >= 15 is 0 Å². The van der Waals surface area contributed by atoms with Gasteiger partial charge in [-0.2, -0.15) is 8.78 Å². The number of benzene rings is 2. The molecule has 0 bridgehead atoms. The summed E-state index contributed by atoms with van der Waals surface area (Å²) in [6.07, 6.45) is 0. The molecule has 0 fully saturated rings. The minimum Gasteiger partial charge on any atom is -0.434 e. The molecule has 0 spiro atoms. The number of ether oxygens (including phenoxy) is 1. The first-order valence-electron chi connectivity index (χ1n) is 7.22. The first kappa shape index (κ1) is 16.5. The summed E-state index contributed by atoms with van der Waals surface area (Å²) < 4.78 is 30.8. The van der Waals surface area contributed by atoms with Gasteiger partial charge in [0.05, 0.1) is 5.56 Å². The highest BCUT2D eigenvalue weighted by atomic mass is 19.3. The number of hydrogen-bond donors (Lipinski definition) is 1. The van der Waals surface area contributed by atoms with Crippen LogP contribution in [0.4, 0.5) is 14.5 Å². The molecular weight excluding hydrogens is 332 g/mol. The number of alkyl halides is 2. The van der Waals surface area contributed by atoms with Crippen LogP contribution in [0, 0.1) is 0 Å². The van der Waals surface area contributed by atoms with E-state index in [9.17, 15) is 13.6 Å². The number of rotatable bonds is 5. The van der Waals surface area contributed by atoms with Crippen molar-refractivity contribution in [3.8, 4) is 17.1 Å². The summed E-state index contributed by atoms with van der Waals surface area (Å²) in [6.45, 7) is -3.01. The zero-order valence-corrected chi connectivity index (χ0v) is 13.1. The molecule has 1 aromatic heterocycles. The van der Waals surface area contributed by atoms with E-state index in [1.54, 1.807) is 37.4 Å². The Balaban J connectivity index is 1.84. The van der Waals surface area contributed by atoms with Crippen LogP contribution >= 0.6 is 0 Å². The molecule has 25 heavy (non-hydrogen) atoms. The van der Waals surface area contributed by atoms with Crippen molar-refractivity contribution in [2.45, 2.75) is 6.61 Å². The van der Waals surface area contributed by atoms with Crippen molar-refractivity contribution in [3.63, 3.8) is 0 Å². The normalized spacial score (nSPS) is 10.7. The predicted molar refractivity (Wildman–Crippen MR) is 85.3 cm³/mol. The average Bonchev–Trinajstić information content (AvgIpc) is 3.01. The highest BCUT2D eigenvalue weighted by Gasteiger charge is 2.16. The van der Waals surface area contributed by atoms with Crippen molar-refractivity contribution in [1.82, 2.24) is 20.2 Å². The number of halogens is 2. The fourth-order valence-electron chi connectivity index (χ4n) is 2.26. The maximum absolute atomic E-state index is 12.5. The van der Waals surface area contributed by atoms with Gasteiger partial charge in [0.1, 0.15) is 5.75 Å². The Morgan fingerprint density at radius 3 is 2.72 bits per heavy atom.